The Hall–Kier alpha value is -1.33. The molecule has 1 aromatic carbocycles. The van der Waals surface area contributed by atoms with E-state index in [2.05, 4.69) is 0 Å². The Bertz CT molecular complexity index is 662. The number of nitrogens with zero attached hydrogens (tertiary/aromatic N) is 1. The molecular weight excluding hydrogens is 305 g/mol. The van der Waals surface area contributed by atoms with Crippen LogP contribution in [0.25, 0.3) is 10.4 Å². The van der Waals surface area contributed by atoms with Crippen molar-refractivity contribution in [2.45, 2.75) is 17.1 Å². The topological polar surface area (TPSA) is 20.3 Å². The summed E-state index contributed by atoms with van der Waals surface area (Å²) in [5, 5.41) is 0. The minimum absolute atomic E-state index is 0.183. The maximum Gasteiger partial charge on any atom is 0.256 e. The van der Waals surface area contributed by atoms with E-state index in [1.807, 2.05) is 24.5 Å². The molecule has 21 heavy (non-hydrogen) atoms. The average molecular weight is 321 g/mol. The van der Waals surface area contributed by atoms with Crippen molar-refractivity contribution in [3.63, 3.8) is 0 Å². The van der Waals surface area contributed by atoms with Crippen LogP contribution in [0, 0.1) is 5.82 Å². The molecule has 0 unspecified atom stereocenters. The number of carbonyl (C=O) groups excluding carboxylic acids is 1. The summed E-state index contributed by atoms with van der Waals surface area (Å²) in [7, 11) is 0. The van der Waals surface area contributed by atoms with Crippen molar-refractivity contribution in [2.24, 2.45) is 0 Å². The fourth-order valence-electron chi connectivity index (χ4n) is 2.52. The number of halogens is 1. The standard InChI is InChI=1S/C16H16FNOS2/c1-20-15-7-6-14(21-15)11-4-5-12(13(17)10-11)16(19)18-8-2-3-9-18/h4-7,10H,2-3,8-9H2,1H3. The Morgan fingerprint density at radius 1 is 1.24 bits per heavy atom. The lowest BCUT2D eigenvalue weighted by atomic mass is 10.1. The molecule has 1 saturated heterocycles. The van der Waals surface area contributed by atoms with Crippen LogP contribution in [0.15, 0.2) is 34.5 Å². The smallest absolute Gasteiger partial charge is 0.256 e. The number of rotatable bonds is 3. The number of likely N-dealkylation sites (tertiary alicyclic amines) is 1. The van der Waals surface area contributed by atoms with Gasteiger partial charge in [0.2, 0.25) is 0 Å². The van der Waals surface area contributed by atoms with E-state index >= 15 is 0 Å². The molecule has 1 aliphatic rings. The second-order valence-electron chi connectivity index (χ2n) is 5.02. The lowest BCUT2D eigenvalue weighted by Crippen LogP contribution is -2.28. The molecule has 1 aliphatic heterocycles. The van der Waals surface area contributed by atoms with Crippen molar-refractivity contribution < 1.29 is 9.18 Å². The van der Waals surface area contributed by atoms with Gasteiger partial charge in [0.05, 0.1) is 9.77 Å². The van der Waals surface area contributed by atoms with E-state index in [1.165, 1.54) is 10.3 Å². The summed E-state index contributed by atoms with van der Waals surface area (Å²) in [6, 6.07) is 8.95. The highest BCUT2D eigenvalue weighted by atomic mass is 32.2. The van der Waals surface area contributed by atoms with Crippen LogP contribution in [0.2, 0.25) is 0 Å². The third-order valence-corrected chi connectivity index (χ3v) is 5.88. The molecule has 2 heterocycles. The van der Waals surface area contributed by atoms with Crippen LogP contribution in [-0.2, 0) is 0 Å². The SMILES string of the molecule is CSc1ccc(-c2ccc(C(=O)N3CCCC3)c(F)c2)s1. The van der Waals surface area contributed by atoms with Gasteiger partial charge in [0, 0.05) is 18.0 Å². The fourth-order valence-corrected chi connectivity index (χ4v) is 4.06. The van der Waals surface area contributed by atoms with Gasteiger partial charge in [0.15, 0.2) is 0 Å². The highest BCUT2D eigenvalue weighted by Crippen LogP contribution is 2.33. The van der Waals surface area contributed by atoms with Crippen LogP contribution in [0.4, 0.5) is 4.39 Å². The normalized spacial score (nSPS) is 14.7. The summed E-state index contributed by atoms with van der Waals surface area (Å²) in [6.07, 6.45) is 4.05. The predicted octanol–water partition coefficient (Wildman–Crippen LogP) is 4.51. The number of benzene rings is 1. The third-order valence-electron chi connectivity index (χ3n) is 3.66. The van der Waals surface area contributed by atoms with Crippen molar-refractivity contribution >= 4 is 29.0 Å². The average Bonchev–Trinajstić information content (AvgIpc) is 3.17. The van der Waals surface area contributed by atoms with E-state index in [1.54, 1.807) is 34.1 Å². The Morgan fingerprint density at radius 3 is 2.62 bits per heavy atom. The first-order valence-corrected chi connectivity index (χ1v) is 8.96. The summed E-state index contributed by atoms with van der Waals surface area (Å²) in [6.45, 7) is 1.48. The van der Waals surface area contributed by atoms with Crippen LogP contribution in [0.5, 0.6) is 0 Å². The van der Waals surface area contributed by atoms with Gasteiger partial charge in [-0.2, -0.15) is 0 Å². The first kappa shape index (κ1) is 14.6. The van der Waals surface area contributed by atoms with Gasteiger partial charge < -0.3 is 4.90 Å². The van der Waals surface area contributed by atoms with Gasteiger partial charge in [-0.1, -0.05) is 6.07 Å². The number of hydrogen-bond donors (Lipinski definition) is 0. The molecule has 0 atom stereocenters. The zero-order valence-corrected chi connectivity index (χ0v) is 13.4. The van der Waals surface area contributed by atoms with Crippen molar-refractivity contribution in [2.75, 3.05) is 19.3 Å². The molecule has 1 fully saturated rings. The fraction of sp³-hybridized carbons (Fsp3) is 0.312. The van der Waals surface area contributed by atoms with E-state index in [0.717, 1.165) is 36.4 Å². The van der Waals surface area contributed by atoms with Crippen molar-refractivity contribution in [1.82, 2.24) is 4.90 Å². The van der Waals surface area contributed by atoms with Crippen molar-refractivity contribution in [1.29, 1.82) is 0 Å². The molecule has 1 aromatic heterocycles. The molecule has 2 aromatic rings. The highest BCUT2D eigenvalue weighted by Gasteiger charge is 2.22. The molecule has 0 spiro atoms. The van der Waals surface area contributed by atoms with Gasteiger partial charge in [-0.25, -0.2) is 4.39 Å². The molecule has 5 heteroatoms. The predicted molar refractivity (Wildman–Crippen MR) is 86.6 cm³/mol. The highest BCUT2D eigenvalue weighted by molar-refractivity contribution is 8.00. The Labute approximate surface area is 132 Å². The maximum absolute atomic E-state index is 14.3. The van der Waals surface area contributed by atoms with E-state index in [-0.39, 0.29) is 11.5 Å². The number of thioether (sulfide) groups is 1. The summed E-state index contributed by atoms with van der Waals surface area (Å²) in [4.78, 5) is 15.0. The summed E-state index contributed by atoms with van der Waals surface area (Å²) in [5.41, 5.74) is 1.01. The zero-order valence-electron chi connectivity index (χ0n) is 11.8. The molecule has 2 nitrogen and oxygen atoms in total. The molecule has 0 N–H and O–H groups in total. The summed E-state index contributed by atoms with van der Waals surface area (Å²) in [5.74, 6) is -0.615. The number of carbonyl (C=O) groups is 1. The van der Waals surface area contributed by atoms with Crippen molar-refractivity contribution in [3.05, 3.63) is 41.7 Å². The van der Waals surface area contributed by atoms with Gasteiger partial charge in [-0.3, -0.25) is 4.79 Å². The molecule has 0 bridgehead atoms. The second kappa shape index (κ2) is 6.20. The van der Waals surface area contributed by atoms with E-state index in [9.17, 15) is 9.18 Å². The molecule has 1 amide bonds. The molecule has 0 radical (unpaired) electrons. The van der Waals surface area contributed by atoms with Gasteiger partial charge in [0.25, 0.3) is 5.91 Å². The van der Waals surface area contributed by atoms with Gasteiger partial charge >= 0.3 is 0 Å². The number of hydrogen-bond acceptors (Lipinski definition) is 3. The monoisotopic (exact) mass is 321 g/mol. The van der Waals surface area contributed by atoms with Gasteiger partial charge in [0.1, 0.15) is 5.82 Å². The van der Waals surface area contributed by atoms with Crippen LogP contribution in [0.1, 0.15) is 23.2 Å². The lowest BCUT2D eigenvalue weighted by Gasteiger charge is -2.15. The molecular formula is C16H16FNOS2. The second-order valence-corrected chi connectivity index (χ2v) is 7.21. The first-order chi connectivity index (χ1) is 10.2. The van der Waals surface area contributed by atoms with E-state index in [0.29, 0.717) is 0 Å². The van der Waals surface area contributed by atoms with Gasteiger partial charge in [-0.15, -0.1) is 23.1 Å². The molecule has 0 aliphatic carbocycles. The van der Waals surface area contributed by atoms with E-state index in [4.69, 9.17) is 0 Å². The summed E-state index contributed by atoms with van der Waals surface area (Å²) >= 11 is 3.31. The van der Waals surface area contributed by atoms with Crippen LogP contribution in [-0.4, -0.2) is 30.2 Å². The van der Waals surface area contributed by atoms with Crippen LogP contribution >= 0.6 is 23.1 Å². The minimum Gasteiger partial charge on any atom is -0.339 e. The van der Waals surface area contributed by atoms with Crippen molar-refractivity contribution in [3.8, 4) is 10.4 Å². The number of thiophene rings is 1. The van der Waals surface area contributed by atoms with Crippen LogP contribution in [0.3, 0.4) is 0 Å². The Balaban J connectivity index is 1.87. The lowest BCUT2D eigenvalue weighted by molar-refractivity contribution is 0.0788. The molecule has 3 rings (SSSR count). The molecule has 0 saturated carbocycles. The third kappa shape index (κ3) is 2.99. The largest absolute Gasteiger partial charge is 0.339 e. The first-order valence-electron chi connectivity index (χ1n) is 6.92. The Kier molecular flexibility index (Phi) is 4.31. The maximum atomic E-state index is 14.3. The van der Waals surface area contributed by atoms with Crippen LogP contribution < -0.4 is 0 Å². The molecule has 110 valence electrons. The zero-order chi connectivity index (χ0) is 14.8. The Morgan fingerprint density at radius 2 is 2.00 bits per heavy atom. The van der Waals surface area contributed by atoms with Gasteiger partial charge in [-0.05, 0) is 48.9 Å². The quantitative estimate of drug-likeness (QED) is 0.775. The number of amides is 1. The minimum atomic E-state index is -0.427. The van der Waals surface area contributed by atoms with E-state index < -0.39 is 5.82 Å². The summed E-state index contributed by atoms with van der Waals surface area (Å²) < 4.78 is 15.5.